The summed E-state index contributed by atoms with van der Waals surface area (Å²) >= 11 is 0. The number of benzene rings is 5. The average molecular weight is 750 g/mol. The van der Waals surface area contributed by atoms with Gasteiger partial charge in [-0.15, -0.1) is 0 Å². The molecule has 0 spiro atoms. The average Bonchev–Trinajstić information content (AvgIpc) is 4.07. The van der Waals surface area contributed by atoms with E-state index in [4.69, 9.17) is 9.97 Å². The van der Waals surface area contributed by atoms with Crippen LogP contribution in [0.4, 0.5) is 0 Å². The Morgan fingerprint density at radius 2 is 0.707 bits per heavy atom. The van der Waals surface area contributed by atoms with E-state index in [1.165, 1.54) is 4.90 Å². The number of carbonyl (C=O) groups is 2. The van der Waals surface area contributed by atoms with Crippen LogP contribution >= 0.6 is 0 Å². The van der Waals surface area contributed by atoms with Crippen LogP contribution < -0.4 is 0 Å². The third-order valence-corrected chi connectivity index (χ3v) is 10.6. The molecule has 7 heteroatoms. The maximum Gasteiger partial charge on any atom is 0.280 e. The van der Waals surface area contributed by atoms with E-state index in [2.05, 4.69) is 46.4 Å². The van der Waals surface area contributed by atoms with Crippen molar-refractivity contribution in [1.82, 2.24) is 24.8 Å². The lowest BCUT2D eigenvalue weighted by Gasteiger charge is -2.26. The second-order valence-electron chi connectivity index (χ2n) is 14.2. The van der Waals surface area contributed by atoms with Gasteiger partial charge < -0.3 is 9.97 Å². The lowest BCUT2D eigenvalue weighted by Crippen LogP contribution is -2.41. The summed E-state index contributed by atoms with van der Waals surface area (Å²) < 4.78 is 0. The van der Waals surface area contributed by atoms with Gasteiger partial charge in [0, 0.05) is 44.3 Å². The molecule has 0 fully saturated rings. The fourth-order valence-electron chi connectivity index (χ4n) is 7.95. The third-order valence-electron chi connectivity index (χ3n) is 10.6. The van der Waals surface area contributed by atoms with Crippen LogP contribution in [0.25, 0.3) is 78.7 Å². The van der Waals surface area contributed by atoms with Crippen molar-refractivity contribution >= 4 is 46.0 Å². The van der Waals surface area contributed by atoms with Crippen LogP contribution in [0.3, 0.4) is 0 Å². The number of hydrogen-bond donors (Lipinski definition) is 2. The molecule has 8 bridgehead atoms. The van der Waals surface area contributed by atoms with Crippen LogP contribution in [0.1, 0.15) is 37.9 Å². The predicted molar refractivity (Wildman–Crippen MR) is 232 cm³/mol. The van der Waals surface area contributed by atoms with E-state index in [1.807, 2.05) is 152 Å². The SMILES string of the molecule is O=C1c2nc(c(-c3ccccc3)c3ccc([nH]3)c(-c3ccccc3)c3nc(c(-c4ccccc4)c4ccc([nH]4)c2-c2ccccc2)C=C3)C(=O)N1Cc1ccccc1. The molecule has 0 unspecified atom stereocenters. The second-order valence-corrected chi connectivity index (χ2v) is 14.2. The van der Waals surface area contributed by atoms with E-state index in [1.54, 1.807) is 0 Å². The first-order valence-electron chi connectivity index (χ1n) is 19.2. The number of fused-ring (bicyclic) bond motifs is 8. The van der Waals surface area contributed by atoms with Gasteiger partial charge in [0.25, 0.3) is 11.8 Å². The topological polar surface area (TPSA) is 94.7 Å². The largest absolute Gasteiger partial charge is 0.354 e. The molecule has 2 amide bonds. The van der Waals surface area contributed by atoms with Crippen LogP contribution in [-0.2, 0) is 6.54 Å². The van der Waals surface area contributed by atoms with Gasteiger partial charge >= 0.3 is 0 Å². The highest BCUT2D eigenvalue weighted by Crippen LogP contribution is 2.38. The number of aromatic nitrogens is 4. The maximum absolute atomic E-state index is 15.0. The number of carbonyl (C=O) groups excluding carboxylic acids is 2. The van der Waals surface area contributed by atoms with Crippen molar-refractivity contribution < 1.29 is 9.59 Å². The summed E-state index contributed by atoms with van der Waals surface area (Å²) in [5.41, 5.74) is 12.2. The molecule has 0 aliphatic carbocycles. The molecule has 5 heterocycles. The van der Waals surface area contributed by atoms with Crippen LogP contribution in [0.15, 0.2) is 176 Å². The van der Waals surface area contributed by atoms with Gasteiger partial charge in [0.05, 0.1) is 17.9 Å². The van der Waals surface area contributed by atoms with Gasteiger partial charge in [0.15, 0.2) is 0 Å². The standard InChI is InChI=1S/C51H35N5O2/c57-50-48-46(36-22-12-4-13-23-36)42-30-28-40(53-42)44(34-18-8-2-9-19-34)38-26-27-39(52-38)45(35-20-10-3-11-21-35)41-29-31-43(54-41)47(37-24-14-5-15-25-37)49(55-48)51(58)56(50)32-33-16-6-1-7-17-33/h1-31,53-54H,32H2. The van der Waals surface area contributed by atoms with Crippen molar-refractivity contribution in [3.63, 3.8) is 0 Å². The zero-order chi connectivity index (χ0) is 39.0. The molecular weight excluding hydrogens is 715 g/mol. The molecule has 7 nitrogen and oxygen atoms in total. The summed E-state index contributed by atoms with van der Waals surface area (Å²) in [6, 6.07) is 57.5. The molecular formula is C51H35N5O2. The molecule has 58 heavy (non-hydrogen) atoms. The Kier molecular flexibility index (Phi) is 8.73. The number of rotatable bonds is 6. The molecule has 276 valence electrons. The Hall–Kier alpha value is -7.90. The first kappa shape index (κ1) is 34.6. The van der Waals surface area contributed by atoms with Crippen molar-refractivity contribution in [2.24, 2.45) is 0 Å². The highest BCUT2D eigenvalue weighted by molar-refractivity contribution is 6.18. The molecule has 2 N–H and O–H groups in total. The van der Waals surface area contributed by atoms with Crippen molar-refractivity contribution in [2.45, 2.75) is 6.54 Å². The normalized spacial score (nSPS) is 12.5. The second kappa shape index (κ2) is 14.6. The number of H-pyrrole nitrogens is 2. The molecule has 2 aliphatic heterocycles. The molecule has 0 radical (unpaired) electrons. The van der Waals surface area contributed by atoms with E-state index in [9.17, 15) is 0 Å². The van der Waals surface area contributed by atoms with Crippen LogP contribution in [0.5, 0.6) is 0 Å². The van der Waals surface area contributed by atoms with Gasteiger partial charge in [-0.3, -0.25) is 14.5 Å². The van der Waals surface area contributed by atoms with Crippen LogP contribution in [0, 0.1) is 0 Å². The van der Waals surface area contributed by atoms with E-state index in [-0.39, 0.29) is 17.9 Å². The summed E-state index contributed by atoms with van der Waals surface area (Å²) in [6.45, 7) is 0.0683. The first-order chi connectivity index (χ1) is 28.6. The third kappa shape index (κ3) is 6.21. The van der Waals surface area contributed by atoms with E-state index >= 15 is 9.59 Å². The summed E-state index contributed by atoms with van der Waals surface area (Å²) in [7, 11) is 0. The van der Waals surface area contributed by atoms with Crippen LogP contribution in [0.2, 0.25) is 0 Å². The van der Waals surface area contributed by atoms with E-state index in [0.717, 1.165) is 61.4 Å². The van der Waals surface area contributed by atoms with Crippen molar-refractivity contribution in [3.8, 4) is 44.5 Å². The Morgan fingerprint density at radius 1 is 0.379 bits per heavy atom. The lowest BCUT2D eigenvalue weighted by molar-refractivity contribution is 0.0581. The van der Waals surface area contributed by atoms with Crippen molar-refractivity contribution in [2.75, 3.05) is 0 Å². The number of imide groups is 1. The van der Waals surface area contributed by atoms with Gasteiger partial charge in [-0.1, -0.05) is 152 Å². The van der Waals surface area contributed by atoms with Gasteiger partial charge in [-0.25, -0.2) is 9.97 Å². The Balaban J connectivity index is 1.42. The molecule has 0 atom stereocenters. The molecule has 8 aromatic rings. The lowest BCUT2D eigenvalue weighted by atomic mass is 9.98. The van der Waals surface area contributed by atoms with Gasteiger partial charge in [-0.2, -0.15) is 0 Å². The molecule has 10 rings (SSSR count). The minimum Gasteiger partial charge on any atom is -0.354 e. The number of aromatic amines is 2. The van der Waals surface area contributed by atoms with Gasteiger partial charge in [-0.05, 0) is 64.2 Å². The summed E-state index contributed by atoms with van der Waals surface area (Å²) in [5.74, 6) is -0.967. The monoisotopic (exact) mass is 749 g/mol. The minimum absolute atomic E-state index is 0.0683. The zero-order valence-corrected chi connectivity index (χ0v) is 31.3. The van der Waals surface area contributed by atoms with Crippen molar-refractivity contribution in [1.29, 1.82) is 0 Å². The van der Waals surface area contributed by atoms with Gasteiger partial charge in [0.2, 0.25) is 0 Å². The van der Waals surface area contributed by atoms with Crippen LogP contribution in [-0.4, -0.2) is 36.7 Å². The van der Waals surface area contributed by atoms with Gasteiger partial charge in [0.1, 0.15) is 11.4 Å². The summed E-state index contributed by atoms with van der Waals surface area (Å²) in [4.78, 5) is 49.3. The summed E-state index contributed by atoms with van der Waals surface area (Å²) in [6.07, 6.45) is 4.12. The predicted octanol–water partition coefficient (Wildman–Crippen LogP) is 11.6. The number of nitrogens with zero attached hydrogens (tertiary/aromatic N) is 3. The zero-order valence-electron chi connectivity index (χ0n) is 31.3. The number of amides is 2. The maximum atomic E-state index is 15.0. The smallest absolute Gasteiger partial charge is 0.280 e. The molecule has 2 aliphatic rings. The first-order valence-corrected chi connectivity index (χ1v) is 19.2. The number of nitrogens with one attached hydrogen (secondary N) is 2. The number of hydrogen-bond acceptors (Lipinski definition) is 4. The Morgan fingerprint density at radius 3 is 1.09 bits per heavy atom. The molecule has 0 saturated carbocycles. The van der Waals surface area contributed by atoms with E-state index in [0.29, 0.717) is 22.2 Å². The highest BCUT2D eigenvalue weighted by Gasteiger charge is 2.35. The quantitative estimate of drug-likeness (QED) is 0.166. The highest BCUT2D eigenvalue weighted by atomic mass is 16.2. The fourth-order valence-corrected chi connectivity index (χ4v) is 7.95. The molecule has 3 aromatic heterocycles. The van der Waals surface area contributed by atoms with E-state index < -0.39 is 11.8 Å². The minimum atomic E-state index is -0.484. The molecule has 5 aromatic carbocycles. The van der Waals surface area contributed by atoms with Crippen molar-refractivity contribution in [3.05, 3.63) is 204 Å². The Labute approximate surface area is 334 Å². The summed E-state index contributed by atoms with van der Waals surface area (Å²) in [5, 5.41) is 0. The molecule has 0 saturated heterocycles. The fraction of sp³-hybridized carbons (Fsp3) is 0.0196. The Bertz CT molecular complexity index is 2860.